The fourth-order valence-electron chi connectivity index (χ4n) is 1.19. The zero-order valence-electron chi connectivity index (χ0n) is 6.31. The number of carbonyl (C=O) groups excluding carboxylic acids is 1. The first-order valence-electron chi connectivity index (χ1n) is 3.57. The Morgan fingerprint density at radius 2 is 2.30 bits per heavy atom. The maximum absolute atomic E-state index is 10.8. The molecule has 1 saturated carbocycles. The molecule has 1 fully saturated rings. The lowest BCUT2D eigenvalue weighted by Crippen LogP contribution is -1.84. The van der Waals surface area contributed by atoms with Crippen molar-refractivity contribution >= 4 is 5.78 Å². The molecule has 1 aliphatic rings. The highest BCUT2D eigenvalue weighted by Gasteiger charge is 2.15. The highest BCUT2D eigenvalue weighted by molar-refractivity contribution is 5.84. The van der Waals surface area contributed by atoms with E-state index in [1.165, 1.54) is 11.1 Å². The van der Waals surface area contributed by atoms with Gasteiger partial charge in [0.25, 0.3) is 0 Å². The summed E-state index contributed by atoms with van der Waals surface area (Å²) in [5, 5.41) is 0. The Kier molecular flexibility index (Phi) is 2.05. The van der Waals surface area contributed by atoms with Crippen LogP contribution in [0, 0.1) is 0 Å². The van der Waals surface area contributed by atoms with Gasteiger partial charge in [-0.3, -0.25) is 4.79 Å². The quantitative estimate of drug-likeness (QED) is 0.540. The largest absolute Gasteiger partial charge is 0.299 e. The Bertz CT molecular complexity index is 199. The third-order valence-electron chi connectivity index (χ3n) is 1.98. The molecule has 0 atom stereocenters. The van der Waals surface area contributed by atoms with Crippen molar-refractivity contribution < 1.29 is 4.79 Å². The Morgan fingerprint density at radius 3 is 2.70 bits per heavy atom. The summed E-state index contributed by atoms with van der Waals surface area (Å²) in [4.78, 5) is 10.8. The average Bonchev–Trinajstić information content (AvgIpc) is 2.34. The van der Waals surface area contributed by atoms with Crippen LogP contribution in [0.1, 0.15) is 26.2 Å². The fourth-order valence-corrected chi connectivity index (χ4v) is 1.19. The molecule has 1 aliphatic carbocycles. The zero-order valence-corrected chi connectivity index (χ0v) is 6.31. The predicted molar refractivity (Wildman–Crippen MR) is 41.8 cm³/mol. The van der Waals surface area contributed by atoms with Crippen LogP contribution in [0.3, 0.4) is 0 Å². The van der Waals surface area contributed by atoms with E-state index >= 15 is 0 Å². The van der Waals surface area contributed by atoms with Crippen LogP contribution < -0.4 is 0 Å². The molecule has 0 spiro atoms. The van der Waals surface area contributed by atoms with Gasteiger partial charge in [-0.05, 0) is 13.3 Å². The Balaban J connectivity index is 2.75. The van der Waals surface area contributed by atoms with E-state index in [-0.39, 0.29) is 0 Å². The molecular formula is C9H12O. The summed E-state index contributed by atoms with van der Waals surface area (Å²) < 4.78 is 0. The van der Waals surface area contributed by atoms with Crippen LogP contribution in [0.25, 0.3) is 0 Å². The van der Waals surface area contributed by atoms with Gasteiger partial charge < -0.3 is 0 Å². The first-order chi connectivity index (χ1) is 4.74. The molecule has 1 rings (SSSR count). The van der Waals surface area contributed by atoms with Crippen LogP contribution in [-0.2, 0) is 4.79 Å². The van der Waals surface area contributed by atoms with Crippen LogP contribution in [0.4, 0.5) is 0 Å². The van der Waals surface area contributed by atoms with Gasteiger partial charge >= 0.3 is 0 Å². The highest BCUT2D eigenvalue weighted by Crippen LogP contribution is 2.24. The predicted octanol–water partition coefficient (Wildman–Crippen LogP) is 2.24. The normalized spacial score (nSPS) is 23.1. The van der Waals surface area contributed by atoms with E-state index in [4.69, 9.17) is 0 Å². The molecule has 0 N–H and O–H groups in total. The lowest BCUT2D eigenvalue weighted by Gasteiger charge is -1.95. The minimum absolute atomic E-state index is 0.371. The molecule has 10 heavy (non-hydrogen) atoms. The van der Waals surface area contributed by atoms with Gasteiger partial charge in [-0.1, -0.05) is 23.8 Å². The number of ketones is 1. The lowest BCUT2D eigenvalue weighted by molar-refractivity contribution is -0.117. The van der Waals surface area contributed by atoms with E-state index in [1.807, 2.05) is 13.0 Å². The van der Waals surface area contributed by atoms with Crippen molar-refractivity contribution in [3.8, 4) is 0 Å². The summed E-state index contributed by atoms with van der Waals surface area (Å²) in [5.41, 5.74) is 2.46. The number of hydrogen-bond donors (Lipinski definition) is 0. The van der Waals surface area contributed by atoms with Gasteiger partial charge in [-0.15, -0.1) is 0 Å². The van der Waals surface area contributed by atoms with Crippen molar-refractivity contribution in [2.75, 3.05) is 0 Å². The number of Topliss-reactive ketones (excluding diaryl/α,β-unsaturated/α-hetero) is 1. The number of carbonyl (C=O) groups is 1. The molecule has 0 aromatic heterocycles. The monoisotopic (exact) mass is 136 g/mol. The number of rotatable bonds is 1. The van der Waals surface area contributed by atoms with Gasteiger partial charge in [-0.25, -0.2) is 0 Å². The molecule has 0 aromatic rings. The molecule has 0 unspecified atom stereocenters. The molecule has 0 saturated heterocycles. The molecule has 0 aromatic carbocycles. The van der Waals surface area contributed by atoms with Crippen molar-refractivity contribution in [2.24, 2.45) is 0 Å². The first kappa shape index (κ1) is 7.26. The maximum atomic E-state index is 10.8. The second kappa shape index (κ2) is 2.82. The third-order valence-corrected chi connectivity index (χ3v) is 1.98. The van der Waals surface area contributed by atoms with Crippen molar-refractivity contribution in [1.29, 1.82) is 0 Å². The molecule has 1 heteroatoms. The number of allylic oxidation sites excluding steroid dienone is 3. The summed E-state index contributed by atoms with van der Waals surface area (Å²) in [5.74, 6) is 0.371. The summed E-state index contributed by atoms with van der Waals surface area (Å²) in [7, 11) is 0. The van der Waals surface area contributed by atoms with Crippen LogP contribution >= 0.6 is 0 Å². The molecule has 0 amide bonds. The van der Waals surface area contributed by atoms with Gasteiger partial charge in [0.15, 0.2) is 0 Å². The number of hydrogen-bond acceptors (Lipinski definition) is 1. The van der Waals surface area contributed by atoms with Crippen molar-refractivity contribution in [3.63, 3.8) is 0 Å². The minimum Gasteiger partial charge on any atom is -0.299 e. The van der Waals surface area contributed by atoms with Crippen molar-refractivity contribution in [3.05, 3.63) is 23.8 Å². The van der Waals surface area contributed by atoms with Crippen LogP contribution in [0.5, 0.6) is 0 Å². The van der Waals surface area contributed by atoms with Gasteiger partial charge in [-0.2, -0.15) is 0 Å². The highest BCUT2D eigenvalue weighted by atomic mass is 16.1. The first-order valence-corrected chi connectivity index (χ1v) is 3.57. The van der Waals surface area contributed by atoms with Crippen LogP contribution in [0.15, 0.2) is 23.8 Å². The fraction of sp³-hybridized carbons (Fsp3) is 0.444. The Morgan fingerprint density at radius 1 is 1.60 bits per heavy atom. The lowest BCUT2D eigenvalue weighted by atomic mass is 10.1. The summed E-state index contributed by atoms with van der Waals surface area (Å²) in [6.45, 7) is 5.68. The van der Waals surface area contributed by atoms with E-state index in [9.17, 15) is 4.79 Å². The molecule has 0 aliphatic heterocycles. The molecule has 1 nitrogen and oxygen atoms in total. The summed E-state index contributed by atoms with van der Waals surface area (Å²) >= 11 is 0. The van der Waals surface area contributed by atoms with E-state index in [0.29, 0.717) is 12.2 Å². The average molecular weight is 136 g/mol. The van der Waals surface area contributed by atoms with Crippen LogP contribution in [0.2, 0.25) is 0 Å². The molecule has 0 bridgehead atoms. The smallest absolute Gasteiger partial charge is 0.137 e. The SMILES string of the molecule is C=C/C(C)=C1\CCC(=O)C1. The second-order valence-corrected chi connectivity index (χ2v) is 2.71. The van der Waals surface area contributed by atoms with Gasteiger partial charge in [0.2, 0.25) is 0 Å². The third kappa shape index (κ3) is 1.35. The van der Waals surface area contributed by atoms with E-state index < -0.39 is 0 Å². The molecule has 0 radical (unpaired) electrons. The van der Waals surface area contributed by atoms with E-state index in [1.54, 1.807) is 0 Å². The zero-order chi connectivity index (χ0) is 7.56. The summed E-state index contributed by atoms with van der Waals surface area (Å²) in [6.07, 6.45) is 4.18. The molecular weight excluding hydrogens is 124 g/mol. The van der Waals surface area contributed by atoms with Crippen molar-refractivity contribution in [2.45, 2.75) is 26.2 Å². The van der Waals surface area contributed by atoms with Gasteiger partial charge in [0, 0.05) is 12.8 Å². The van der Waals surface area contributed by atoms with E-state index in [2.05, 4.69) is 6.58 Å². The second-order valence-electron chi connectivity index (χ2n) is 2.71. The van der Waals surface area contributed by atoms with E-state index in [0.717, 1.165) is 12.8 Å². The summed E-state index contributed by atoms with van der Waals surface area (Å²) in [6, 6.07) is 0. The topological polar surface area (TPSA) is 17.1 Å². The molecule has 0 heterocycles. The standard InChI is InChI=1S/C9H12O/c1-3-7(2)8-4-5-9(10)6-8/h3H,1,4-6H2,2H3/b8-7+. The Labute approximate surface area is 61.4 Å². The van der Waals surface area contributed by atoms with Crippen molar-refractivity contribution in [1.82, 2.24) is 0 Å². The van der Waals surface area contributed by atoms with Gasteiger partial charge in [0.1, 0.15) is 5.78 Å². The maximum Gasteiger partial charge on any atom is 0.137 e. The molecule has 54 valence electrons. The van der Waals surface area contributed by atoms with Gasteiger partial charge in [0.05, 0.1) is 0 Å². The minimum atomic E-state index is 0.371. The van der Waals surface area contributed by atoms with Crippen LogP contribution in [-0.4, -0.2) is 5.78 Å². The Hall–Kier alpha value is -0.850.